The number of carbonyl (C=O) groups excluding carboxylic acids is 2. The summed E-state index contributed by atoms with van der Waals surface area (Å²) in [7, 11) is 0. The van der Waals surface area contributed by atoms with Crippen LogP contribution in [-0.4, -0.2) is 34.4 Å². The fraction of sp³-hybridized carbons (Fsp3) is 0.333. The van der Waals surface area contributed by atoms with E-state index in [1.165, 1.54) is 4.90 Å². The number of nitrogens with one attached hydrogen (secondary N) is 1. The zero-order valence-electron chi connectivity index (χ0n) is 13.0. The molecule has 0 aliphatic carbocycles. The molecule has 23 heavy (non-hydrogen) atoms. The van der Waals surface area contributed by atoms with Gasteiger partial charge in [0.2, 0.25) is 5.91 Å². The summed E-state index contributed by atoms with van der Waals surface area (Å²) in [5, 5.41) is 1.08. The van der Waals surface area contributed by atoms with Gasteiger partial charge in [0.05, 0.1) is 19.6 Å². The summed E-state index contributed by atoms with van der Waals surface area (Å²) >= 11 is 0. The first-order valence-electron chi connectivity index (χ1n) is 7.63. The molecule has 0 bridgehead atoms. The molecule has 5 heteroatoms. The van der Waals surface area contributed by atoms with Crippen molar-refractivity contribution in [2.45, 2.75) is 32.4 Å². The van der Waals surface area contributed by atoms with E-state index in [1.54, 1.807) is 6.92 Å². The molecule has 2 heterocycles. The molecule has 2 aromatic rings. The van der Waals surface area contributed by atoms with Crippen LogP contribution in [0.2, 0.25) is 0 Å². The Kier molecular flexibility index (Phi) is 4.07. The van der Waals surface area contributed by atoms with Crippen molar-refractivity contribution >= 4 is 22.8 Å². The number of hydrogen-bond acceptors (Lipinski definition) is 3. The lowest BCUT2D eigenvalue weighted by atomic mass is 9.96. The molecule has 1 aromatic carbocycles. The minimum Gasteiger partial charge on any atom is -0.464 e. The molecule has 118 valence electrons. The minimum atomic E-state index is -0.623. The van der Waals surface area contributed by atoms with Gasteiger partial charge in [0, 0.05) is 23.0 Å². The lowest BCUT2D eigenvalue weighted by Gasteiger charge is -2.33. The summed E-state index contributed by atoms with van der Waals surface area (Å²) < 4.78 is 5.15. The van der Waals surface area contributed by atoms with Crippen LogP contribution >= 0.6 is 0 Å². The summed E-state index contributed by atoms with van der Waals surface area (Å²) in [5.74, 6) is 1.75. The first-order valence-corrected chi connectivity index (χ1v) is 7.63. The fourth-order valence-electron chi connectivity index (χ4n) is 3.11. The third-order valence-corrected chi connectivity index (χ3v) is 4.14. The van der Waals surface area contributed by atoms with Crippen molar-refractivity contribution in [1.82, 2.24) is 9.88 Å². The first kappa shape index (κ1) is 15.2. The molecule has 0 spiro atoms. The zero-order chi connectivity index (χ0) is 16.4. The van der Waals surface area contributed by atoms with E-state index in [4.69, 9.17) is 11.2 Å². The van der Waals surface area contributed by atoms with Crippen LogP contribution < -0.4 is 0 Å². The Morgan fingerprint density at radius 1 is 1.43 bits per heavy atom. The first-order chi connectivity index (χ1) is 11.2. The van der Waals surface area contributed by atoms with Gasteiger partial charge in [-0.2, -0.15) is 0 Å². The smallest absolute Gasteiger partial charge is 0.329 e. The van der Waals surface area contributed by atoms with E-state index in [-0.39, 0.29) is 24.9 Å². The molecule has 1 aliphatic rings. The molecule has 1 aromatic heterocycles. The minimum absolute atomic E-state index is 0.0224. The summed E-state index contributed by atoms with van der Waals surface area (Å²) in [6.45, 7) is 2.38. The highest BCUT2D eigenvalue weighted by Gasteiger charge is 2.36. The summed E-state index contributed by atoms with van der Waals surface area (Å²) in [6, 6.07) is 7.30. The second-order valence-electron chi connectivity index (χ2n) is 5.50. The number of H-pyrrole nitrogens is 1. The molecular weight excluding hydrogens is 292 g/mol. The number of esters is 1. The zero-order valence-corrected chi connectivity index (χ0v) is 13.0. The number of amides is 1. The summed E-state index contributed by atoms with van der Waals surface area (Å²) in [6.07, 6.45) is 5.67. The maximum absolute atomic E-state index is 12.3. The molecule has 1 atom stereocenters. The lowest BCUT2D eigenvalue weighted by Crippen LogP contribution is -2.49. The number of aromatic amines is 1. The van der Waals surface area contributed by atoms with Gasteiger partial charge in [0.1, 0.15) is 6.04 Å². The van der Waals surface area contributed by atoms with Crippen LogP contribution in [-0.2, 0) is 27.3 Å². The van der Waals surface area contributed by atoms with Crippen LogP contribution in [0.1, 0.15) is 24.6 Å². The average Bonchev–Trinajstić information content (AvgIpc) is 2.91. The van der Waals surface area contributed by atoms with Gasteiger partial charge in [-0.1, -0.05) is 24.1 Å². The number of nitrogens with zero attached hydrogens (tertiary/aromatic N) is 1. The average molecular weight is 310 g/mol. The number of rotatable bonds is 3. The molecule has 3 rings (SSSR count). The highest BCUT2D eigenvalue weighted by molar-refractivity contribution is 5.90. The maximum Gasteiger partial charge on any atom is 0.329 e. The molecule has 0 saturated heterocycles. The van der Waals surface area contributed by atoms with Gasteiger partial charge < -0.3 is 14.6 Å². The van der Waals surface area contributed by atoms with Crippen LogP contribution in [0.25, 0.3) is 10.9 Å². The number of para-hydroxylation sites is 1. The van der Waals surface area contributed by atoms with E-state index in [2.05, 4.69) is 10.9 Å². The SMILES string of the molecule is C#CCC(=O)N1Cc2[nH]c3ccccc3c2CC1C(=O)OCC. The van der Waals surface area contributed by atoms with Crippen molar-refractivity contribution in [3.63, 3.8) is 0 Å². The Labute approximate surface area is 134 Å². The Hall–Kier alpha value is -2.74. The van der Waals surface area contributed by atoms with Crippen molar-refractivity contribution in [2.75, 3.05) is 6.61 Å². The van der Waals surface area contributed by atoms with E-state index >= 15 is 0 Å². The largest absolute Gasteiger partial charge is 0.464 e. The fourth-order valence-corrected chi connectivity index (χ4v) is 3.11. The number of fused-ring (bicyclic) bond motifs is 3. The Bertz CT molecular complexity index is 800. The van der Waals surface area contributed by atoms with Gasteiger partial charge in [0.25, 0.3) is 0 Å². The summed E-state index contributed by atoms with van der Waals surface area (Å²) in [5.41, 5.74) is 3.03. The monoisotopic (exact) mass is 310 g/mol. The molecule has 1 N–H and O–H groups in total. The number of terminal acetylenes is 1. The van der Waals surface area contributed by atoms with Gasteiger partial charge in [-0.3, -0.25) is 4.79 Å². The topological polar surface area (TPSA) is 62.4 Å². The van der Waals surface area contributed by atoms with Gasteiger partial charge in [-0.15, -0.1) is 6.42 Å². The highest BCUT2D eigenvalue weighted by atomic mass is 16.5. The number of hydrogen-bond donors (Lipinski definition) is 1. The molecule has 0 saturated carbocycles. The van der Waals surface area contributed by atoms with E-state index in [9.17, 15) is 9.59 Å². The number of aromatic nitrogens is 1. The van der Waals surface area contributed by atoms with Crippen LogP contribution in [0.5, 0.6) is 0 Å². The predicted molar refractivity (Wildman–Crippen MR) is 86.4 cm³/mol. The molecule has 0 fully saturated rings. The maximum atomic E-state index is 12.3. The molecule has 0 radical (unpaired) electrons. The third-order valence-electron chi connectivity index (χ3n) is 4.14. The quantitative estimate of drug-likeness (QED) is 0.697. The lowest BCUT2D eigenvalue weighted by molar-refractivity contribution is -0.155. The molecule has 1 unspecified atom stereocenters. The molecule has 5 nitrogen and oxygen atoms in total. The second kappa shape index (κ2) is 6.17. The van der Waals surface area contributed by atoms with E-state index in [1.807, 2.05) is 24.3 Å². The van der Waals surface area contributed by atoms with Gasteiger partial charge in [-0.05, 0) is 18.6 Å². The standard InChI is InChI=1S/C18H18N2O3/c1-3-7-17(21)20-11-15-13(10-16(20)18(22)23-4-2)12-8-5-6-9-14(12)19-15/h1,5-6,8-9,16,19H,4,7,10-11H2,2H3. The number of benzene rings is 1. The van der Waals surface area contributed by atoms with Crippen LogP contribution in [0.15, 0.2) is 24.3 Å². The summed E-state index contributed by atoms with van der Waals surface area (Å²) in [4.78, 5) is 29.5. The van der Waals surface area contributed by atoms with Crippen molar-refractivity contribution in [2.24, 2.45) is 0 Å². The van der Waals surface area contributed by atoms with Gasteiger partial charge in [-0.25, -0.2) is 4.79 Å². The van der Waals surface area contributed by atoms with E-state index < -0.39 is 6.04 Å². The van der Waals surface area contributed by atoms with Crippen LogP contribution in [0.3, 0.4) is 0 Å². The van der Waals surface area contributed by atoms with E-state index in [0.29, 0.717) is 13.0 Å². The van der Waals surface area contributed by atoms with Gasteiger partial charge in [0.15, 0.2) is 0 Å². The molecule has 1 amide bonds. The Balaban J connectivity index is 2.01. The Morgan fingerprint density at radius 2 is 2.22 bits per heavy atom. The van der Waals surface area contributed by atoms with Crippen molar-refractivity contribution in [3.05, 3.63) is 35.5 Å². The predicted octanol–water partition coefficient (Wildman–Crippen LogP) is 2.01. The second-order valence-corrected chi connectivity index (χ2v) is 5.50. The number of carbonyl (C=O) groups is 2. The normalized spacial score (nSPS) is 16.7. The van der Waals surface area contributed by atoms with Crippen molar-refractivity contribution < 1.29 is 14.3 Å². The highest BCUT2D eigenvalue weighted by Crippen LogP contribution is 2.31. The van der Waals surface area contributed by atoms with Crippen molar-refractivity contribution in [1.29, 1.82) is 0 Å². The van der Waals surface area contributed by atoms with Crippen LogP contribution in [0, 0.1) is 12.3 Å². The third kappa shape index (κ3) is 2.68. The number of ether oxygens (including phenoxy) is 1. The Morgan fingerprint density at radius 3 is 2.96 bits per heavy atom. The van der Waals surface area contributed by atoms with Crippen molar-refractivity contribution in [3.8, 4) is 12.3 Å². The molecular formula is C18H18N2O3. The van der Waals surface area contributed by atoms with Gasteiger partial charge >= 0.3 is 5.97 Å². The van der Waals surface area contributed by atoms with Crippen LogP contribution in [0.4, 0.5) is 0 Å². The molecule has 1 aliphatic heterocycles. The van der Waals surface area contributed by atoms with E-state index in [0.717, 1.165) is 22.2 Å².